The lowest BCUT2D eigenvalue weighted by atomic mass is 9.96. The van der Waals surface area contributed by atoms with Crippen LogP contribution in [0.25, 0.3) is 5.69 Å². The highest BCUT2D eigenvalue weighted by atomic mass is 35.5. The Balaban J connectivity index is 1.84. The summed E-state index contributed by atoms with van der Waals surface area (Å²) in [6.07, 6.45) is 2.43. The van der Waals surface area contributed by atoms with Gasteiger partial charge in [-0.1, -0.05) is 35.3 Å². The van der Waals surface area contributed by atoms with E-state index in [0.717, 1.165) is 28.3 Å². The Hall–Kier alpha value is -2.12. The van der Waals surface area contributed by atoms with Crippen LogP contribution in [0.1, 0.15) is 41.1 Å². The van der Waals surface area contributed by atoms with E-state index in [-0.39, 0.29) is 18.7 Å². The molecule has 1 aliphatic heterocycles. The third kappa shape index (κ3) is 4.05. The molecule has 0 bridgehead atoms. The number of nitrogens with one attached hydrogen (secondary N) is 1. The molecule has 0 saturated carbocycles. The molecule has 1 saturated heterocycles. The molecule has 0 aliphatic carbocycles. The molecule has 0 radical (unpaired) electrons. The van der Waals surface area contributed by atoms with Crippen molar-refractivity contribution in [1.82, 2.24) is 19.8 Å². The number of aliphatic hydroxyl groups excluding tert-OH is 1. The number of pyridine rings is 1. The molecule has 1 aromatic carbocycles. The fraction of sp³-hybridized carbons (Fsp3) is 0.304. The van der Waals surface area contributed by atoms with Gasteiger partial charge in [-0.2, -0.15) is 0 Å². The van der Waals surface area contributed by atoms with E-state index in [4.69, 9.17) is 35.4 Å². The number of benzene rings is 1. The molecular formula is C23H24Cl2N4OS. The van der Waals surface area contributed by atoms with Crippen molar-refractivity contribution < 1.29 is 5.11 Å². The minimum absolute atomic E-state index is 0.0631. The largest absolute Gasteiger partial charge is 0.396 e. The first-order chi connectivity index (χ1) is 14.9. The highest BCUT2D eigenvalue weighted by Gasteiger charge is 2.41. The summed E-state index contributed by atoms with van der Waals surface area (Å²) in [5.74, 6) is 0. The second kappa shape index (κ2) is 9.17. The summed E-state index contributed by atoms with van der Waals surface area (Å²) in [5, 5.41) is 14.6. The molecular weight excluding hydrogens is 451 g/mol. The topological polar surface area (TPSA) is 53.3 Å². The van der Waals surface area contributed by atoms with Crippen LogP contribution in [0.3, 0.4) is 0 Å². The number of hydrogen-bond acceptors (Lipinski definition) is 3. The SMILES string of the molecule is Cc1cc([C@H]2[C@H](c3ccccn3)NC(=S)N2CCCO)c(C)n1-c1cccc(Cl)c1Cl. The number of hydrogen-bond donors (Lipinski definition) is 2. The molecule has 2 atom stereocenters. The van der Waals surface area contributed by atoms with Gasteiger partial charge >= 0.3 is 0 Å². The Kier molecular flexibility index (Phi) is 6.53. The fourth-order valence-corrected chi connectivity index (χ4v) is 5.06. The molecule has 3 heterocycles. The molecule has 2 aromatic heterocycles. The average molecular weight is 475 g/mol. The summed E-state index contributed by atoms with van der Waals surface area (Å²) in [6, 6.07) is 13.6. The number of halogens is 2. The summed E-state index contributed by atoms with van der Waals surface area (Å²) < 4.78 is 2.13. The van der Waals surface area contributed by atoms with Gasteiger partial charge < -0.3 is 19.9 Å². The zero-order valence-electron chi connectivity index (χ0n) is 17.3. The fourth-order valence-electron chi connectivity index (χ4n) is 4.35. The Labute approximate surface area is 197 Å². The summed E-state index contributed by atoms with van der Waals surface area (Å²) >= 11 is 18.5. The molecule has 162 valence electrons. The highest BCUT2D eigenvalue weighted by molar-refractivity contribution is 7.80. The number of aryl methyl sites for hydroxylation is 1. The Morgan fingerprint density at radius 2 is 1.97 bits per heavy atom. The van der Waals surface area contributed by atoms with Gasteiger partial charge in [0.1, 0.15) is 0 Å². The van der Waals surface area contributed by atoms with Crippen LogP contribution in [0.15, 0.2) is 48.7 Å². The van der Waals surface area contributed by atoms with Crippen molar-refractivity contribution in [1.29, 1.82) is 0 Å². The molecule has 0 unspecified atom stereocenters. The van der Waals surface area contributed by atoms with E-state index in [1.54, 1.807) is 12.3 Å². The molecule has 2 N–H and O–H groups in total. The van der Waals surface area contributed by atoms with Gasteiger partial charge in [-0.15, -0.1) is 0 Å². The molecule has 1 fully saturated rings. The zero-order chi connectivity index (χ0) is 22.1. The number of aliphatic hydroxyl groups is 1. The van der Waals surface area contributed by atoms with E-state index in [0.29, 0.717) is 28.1 Å². The van der Waals surface area contributed by atoms with Crippen LogP contribution in [0.4, 0.5) is 0 Å². The van der Waals surface area contributed by atoms with Crippen molar-refractivity contribution in [2.75, 3.05) is 13.2 Å². The lowest BCUT2D eigenvalue weighted by Gasteiger charge is -2.28. The first-order valence-corrected chi connectivity index (χ1v) is 11.3. The van der Waals surface area contributed by atoms with Gasteiger partial charge in [-0.25, -0.2) is 0 Å². The monoisotopic (exact) mass is 474 g/mol. The van der Waals surface area contributed by atoms with Crippen LogP contribution in [0, 0.1) is 13.8 Å². The van der Waals surface area contributed by atoms with E-state index in [9.17, 15) is 5.11 Å². The Morgan fingerprint density at radius 3 is 2.68 bits per heavy atom. The van der Waals surface area contributed by atoms with Crippen molar-refractivity contribution >= 4 is 40.5 Å². The number of nitrogens with zero attached hydrogens (tertiary/aromatic N) is 3. The van der Waals surface area contributed by atoms with E-state index in [1.165, 1.54) is 0 Å². The van der Waals surface area contributed by atoms with E-state index in [1.807, 2.05) is 30.3 Å². The molecule has 0 amide bonds. The van der Waals surface area contributed by atoms with Crippen molar-refractivity contribution in [2.24, 2.45) is 0 Å². The maximum Gasteiger partial charge on any atom is 0.170 e. The van der Waals surface area contributed by atoms with Gasteiger partial charge in [-0.3, -0.25) is 4.98 Å². The number of rotatable bonds is 6. The van der Waals surface area contributed by atoms with Crippen LogP contribution >= 0.6 is 35.4 Å². The van der Waals surface area contributed by atoms with Gasteiger partial charge in [0, 0.05) is 30.7 Å². The van der Waals surface area contributed by atoms with Gasteiger partial charge in [0.25, 0.3) is 0 Å². The normalized spacial score (nSPS) is 18.5. The molecule has 1 aliphatic rings. The van der Waals surface area contributed by atoms with Crippen LogP contribution in [-0.2, 0) is 0 Å². The predicted molar refractivity (Wildman–Crippen MR) is 129 cm³/mol. The maximum atomic E-state index is 9.43. The summed E-state index contributed by atoms with van der Waals surface area (Å²) in [6.45, 7) is 4.90. The predicted octanol–water partition coefficient (Wildman–Crippen LogP) is 5.15. The minimum Gasteiger partial charge on any atom is -0.396 e. The first-order valence-electron chi connectivity index (χ1n) is 10.2. The van der Waals surface area contributed by atoms with E-state index in [2.05, 4.69) is 39.7 Å². The standard InChI is InChI=1S/C23H24Cl2N4OS/c1-14-13-16(15(2)29(14)19-9-5-7-17(24)20(19)25)22-21(18-8-3-4-10-26-18)27-23(31)28(22)11-6-12-30/h3-5,7-10,13,21-22,30H,6,11-12H2,1-2H3,(H,27,31)/t21-,22-/m0/s1. The average Bonchev–Trinajstić information content (AvgIpc) is 3.24. The first kappa shape index (κ1) is 22.1. The summed E-state index contributed by atoms with van der Waals surface area (Å²) in [7, 11) is 0. The highest BCUT2D eigenvalue weighted by Crippen LogP contribution is 2.42. The summed E-state index contributed by atoms with van der Waals surface area (Å²) in [4.78, 5) is 6.73. The second-order valence-corrected chi connectivity index (χ2v) is 8.80. The third-order valence-corrected chi connectivity index (χ3v) is 6.88. The molecule has 4 rings (SSSR count). The molecule has 5 nitrogen and oxygen atoms in total. The number of aromatic nitrogens is 2. The van der Waals surface area contributed by atoms with Crippen LogP contribution in [-0.4, -0.2) is 37.8 Å². The van der Waals surface area contributed by atoms with Crippen molar-refractivity contribution in [3.05, 3.63) is 81.4 Å². The van der Waals surface area contributed by atoms with Gasteiger partial charge in [0.2, 0.25) is 0 Å². The lowest BCUT2D eigenvalue weighted by molar-refractivity contribution is 0.247. The second-order valence-electron chi connectivity index (χ2n) is 7.63. The van der Waals surface area contributed by atoms with Crippen molar-refractivity contribution in [3.8, 4) is 5.69 Å². The van der Waals surface area contributed by atoms with Crippen molar-refractivity contribution in [3.63, 3.8) is 0 Å². The van der Waals surface area contributed by atoms with Crippen LogP contribution < -0.4 is 5.32 Å². The minimum atomic E-state index is -0.101. The third-order valence-electron chi connectivity index (χ3n) is 5.72. The smallest absolute Gasteiger partial charge is 0.170 e. The van der Waals surface area contributed by atoms with Crippen LogP contribution in [0.5, 0.6) is 0 Å². The van der Waals surface area contributed by atoms with Crippen molar-refractivity contribution in [2.45, 2.75) is 32.4 Å². The number of thiocarbonyl (C=S) groups is 1. The van der Waals surface area contributed by atoms with Gasteiger partial charge in [-0.05, 0) is 68.4 Å². The quantitative estimate of drug-likeness (QED) is 0.483. The lowest BCUT2D eigenvalue weighted by Crippen LogP contribution is -2.31. The van der Waals surface area contributed by atoms with Crippen LogP contribution in [0.2, 0.25) is 10.0 Å². The Morgan fingerprint density at radius 1 is 1.16 bits per heavy atom. The molecule has 0 spiro atoms. The molecule has 8 heteroatoms. The van der Waals surface area contributed by atoms with E-state index < -0.39 is 0 Å². The Bertz CT molecular complexity index is 1100. The maximum absolute atomic E-state index is 9.43. The van der Waals surface area contributed by atoms with E-state index >= 15 is 0 Å². The summed E-state index contributed by atoms with van der Waals surface area (Å²) in [5.41, 5.74) is 5.02. The molecule has 31 heavy (non-hydrogen) atoms. The zero-order valence-corrected chi connectivity index (χ0v) is 19.7. The molecule has 3 aromatic rings. The van der Waals surface area contributed by atoms with Gasteiger partial charge in [0.05, 0.1) is 33.5 Å². The van der Waals surface area contributed by atoms with Gasteiger partial charge in [0.15, 0.2) is 5.11 Å².